The van der Waals surface area contributed by atoms with E-state index in [0.717, 1.165) is 18.3 Å². The number of benzene rings is 1. The number of Topliss-reactive ketones (excluding diaryl/α,β-unsaturated/α-hetero) is 1. The first kappa shape index (κ1) is 16.9. The predicted molar refractivity (Wildman–Crippen MR) is 74.7 cm³/mol. The van der Waals surface area contributed by atoms with Crippen molar-refractivity contribution < 1.29 is 27.1 Å². The average molecular weight is 327 g/mol. The number of methoxy groups -OCH3 is 1. The zero-order valence-electron chi connectivity index (χ0n) is 12.3. The summed E-state index contributed by atoms with van der Waals surface area (Å²) in [6, 6.07) is 5.95. The fraction of sp³-hybridized carbons (Fsp3) is 0.250. The van der Waals surface area contributed by atoms with E-state index >= 15 is 0 Å². The molecule has 0 aliphatic carbocycles. The highest BCUT2D eigenvalue weighted by Crippen LogP contribution is 2.31. The van der Waals surface area contributed by atoms with Crippen LogP contribution < -0.4 is 4.74 Å². The Labute approximate surface area is 129 Å². The first-order chi connectivity index (χ1) is 10.7. The van der Waals surface area contributed by atoms with Gasteiger partial charge < -0.3 is 4.74 Å². The van der Waals surface area contributed by atoms with Gasteiger partial charge in [0.05, 0.1) is 13.0 Å². The maximum atomic E-state index is 13.8. The standard InChI is InChI=1S/C16H13F4NO2/c1-9(22)15(10-3-5-13(23-2)12(17)7-10)11-4-6-14(21-8-11)16(18,19)20/h3-8,15H,1-2H3. The van der Waals surface area contributed by atoms with Gasteiger partial charge in [-0.2, -0.15) is 13.2 Å². The van der Waals surface area contributed by atoms with E-state index in [1.165, 1.54) is 32.2 Å². The molecule has 0 saturated carbocycles. The Kier molecular flexibility index (Phi) is 4.68. The number of alkyl halides is 3. The van der Waals surface area contributed by atoms with Crippen LogP contribution in [-0.4, -0.2) is 17.9 Å². The summed E-state index contributed by atoms with van der Waals surface area (Å²) in [7, 11) is 1.31. The molecular formula is C16H13F4NO2. The summed E-state index contributed by atoms with van der Waals surface area (Å²) in [5, 5.41) is 0. The number of ketones is 1. The molecular weight excluding hydrogens is 314 g/mol. The second kappa shape index (κ2) is 6.36. The van der Waals surface area contributed by atoms with Crippen molar-refractivity contribution in [2.75, 3.05) is 7.11 Å². The summed E-state index contributed by atoms with van der Waals surface area (Å²) in [5.41, 5.74) is -0.475. The normalized spacial score (nSPS) is 12.8. The number of pyridine rings is 1. The molecule has 1 aromatic heterocycles. The van der Waals surface area contributed by atoms with Gasteiger partial charge in [0.25, 0.3) is 0 Å². The minimum atomic E-state index is -4.56. The molecule has 1 heterocycles. The molecule has 2 rings (SSSR count). The van der Waals surface area contributed by atoms with Crippen molar-refractivity contribution in [2.24, 2.45) is 0 Å². The molecule has 122 valence electrons. The second-order valence-electron chi connectivity index (χ2n) is 4.91. The fourth-order valence-electron chi connectivity index (χ4n) is 2.27. The average Bonchev–Trinajstić information content (AvgIpc) is 2.47. The SMILES string of the molecule is COc1ccc(C(C(C)=O)c2ccc(C(F)(F)F)nc2)cc1F. The Hall–Kier alpha value is -2.44. The number of hydrogen-bond donors (Lipinski definition) is 0. The zero-order valence-corrected chi connectivity index (χ0v) is 12.3. The molecule has 0 saturated heterocycles. The largest absolute Gasteiger partial charge is 0.494 e. The van der Waals surface area contributed by atoms with Crippen molar-refractivity contribution >= 4 is 5.78 Å². The summed E-state index contributed by atoms with van der Waals surface area (Å²) >= 11 is 0. The minimum Gasteiger partial charge on any atom is -0.494 e. The molecule has 0 aliphatic rings. The number of carbonyl (C=O) groups is 1. The van der Waals surface area contributed by atoms with Crippen molar-refractivity contribution in [3.8, 4) is 5.75 Å². The lowest BCUT2D eigenvalue weighted by atomic mass is 9.89. The molecule has 0 N–H and O–H groups in total. The van der Waals surface area contributed by atoms with Crippen LogP contribution in [0.4, 0.5) is 17.6 Å². The lowest BCUT2D eigenvalue weighted by Crippen LogP contribution is -2.13. The quantitative estimate of drug-likeness (QED) is 0.798. The molecule has 7 heteroatoms. The van der Waals surface area contributed by atoms with Crippen LogP contribution in [-0.2, 0) is 11.0 Å². The maximum absolute atomic E-state index is 13.8. The van der Waals surface area contributed by atoms with Crippen LogP contribution in [0.1, 0.15) is 29.7 Å². The molecule has 0 amide bonds. The van der Waals surface area contributed by atoms with E-state index in [1.54, 1.807) is 0 Å². The molecule has 1 atom stereocenters. The summed E-state index contributed by atoms with van der Waals surface area (Å²) in [5.74, 6) is -1.88. The molecule has 1 unspecified atom stereocenters. The lowest BCUT2D eigenvalue weighted by Gasteiger charge is -2.16. The van der Waals surface area contributed by atoms with Crippen LogP contribution in [0, 0.1) is 5.82 Å². The summed E-state index contributed by atoms with van der Waals surface area (Å²) < 4.78 is 56.2. The third kappa shape index (κ3) is 3.67. The Bertz CT molecular complexity index is 711. The van der Waals surface area contributed by atoms with Gasteiger partial charge in [-0.15, -0.1) is 0 Å². The molecule has 3 nitrogen and oxygen atoms in total. The monoisotopic (exact) mass is 327 g/mol. The zero-order chi connectivity index (χ0) is 17.2. The third-order valence-corrected chi connectivity index (χ3v) is 3.33. The number of carbonyl (C=O) groups excluding carboxylic acids is 1. The first-order valence-corrected chi connectivity index (χ1v) is 6.61. The third-order valence-electron chi connectivity index (χ3n) is 3.33. The summed E-state index contributed by atoms with van der Waals surface area (Å²) in [4.78, 5) is 15.2. The number of aromatic nitrogens is 1. The van der Waals surface area contributed by atoms with E-state index in [4.69, 9.17) is 4.74 Å². The Balaban J connectivity index is 2.43. The van der Waals surface area contributed by atoms with Gasteiger partial charge >= 0.3 is 6.18 Å². The molecule has 0 bridgehead atoms. The van der Waals surface area contributed by atoms with Gasteiger partial charge in [0.15, 0.2) is 11.6 Å². The van der Waals surface area contributed by atoms with Crippen molar-refractivity contribution in [3.05, 3.63) is 59.2 Å². The molecule has 0 aliphatic heterocycles. The van der Waals surface area contributed by atoms with E-state index in [1.807, 2.05) is 0 Å². The first-order valence-electron chi connectivity index (χ1n) is 6.61. The van der Waals surface area contributed by atoms with Crippen LogP contribution >= 0.6 is 0 Å². The Morgan fingerprint density at radius 1 is 1.17 bits per heavy atom. The van der Waals surface area contributed by atoms with Gasteiger partial charge in [-0.05, 0) is 36.2 Å². The van der Waals surface area contributed by atoms with Crippen molar-refractivity contribution in [3.63, 3.8) is 0 Å². The molecule has 1 aromatic carbocycles. The van der Waals surface area contributed by atoms with E-state index in [9.17, 15) is 22.4 Å². The van der Waals surface area contributed by atoms with E-state index in [2.05, 4.69) is 4.98 Å². The number of halogens is 4. The number of nitrogens with zero attached hydrogens (tertiary/aromatic N) is 1. The molecule has 0 spiro atoms. The van der Waals surface area contributed by atoms with Gasteiger partial charge in [-0.25, -0.2) is 4.39 Å². The van der Waals surface area contributed by atoms with Gasteiger partial charge in [-0.1, -0.05) is 12.1 Å². The van der Waals surface area contributed by atoms with Gasteiger partial charge in [0.2, 0.25) is 0 Å². The highest BCUT2D eigenvalue weighted by molar-refractivity contribution is 5.86. The highest BCUT2D eigenvalue weighted by Gasteiger charge is 2.32. The van der Waals surface area contributed by atoms with Crippen LogP contribution in [0.3, 0.4) is 0 Å². The van der Waals surface area contributed by atoms with E-state index < -0.39 is 23.6 Å². The van der Waals surface area contributed by atoms with E-state index in [-0.39, 0.29) is 17.1 Å². The van der Waals surface area contributed by atoms with Gasteiger partial charge in [-0.3, -0.25) is 9.78 Å². The molecule has 23 heavy (non-hydrogen) atoms. The van der Waals surface area contributed by atoms with Crippen molar-refractivity contribution in [1.29, 1.82) is 0 Å². The molecule has 0 fully saturated rings. The second-order valence-corrected chi connectivity index (χ2v) is 4.91. The van der Waals surface area contributed by atoms with Crippen LogP contribution in [0.25, 0.3) is 0 Å². The van der Waals surface area contributed by atoms with Crippen molar-refractivity contribution in [1.82, 2.24) is 4.98 Å². The predicted octanol–water partition coefficient (Wildman–Crippen LogP) is 3.97. The Morgan fingerprint density at radius 3 is 2.26 bits per heavy atom. The number of hydrogen-bond acceptors (Lipinski definition) is 3. The topological polar surface area (TPSA) is 39.2 Å². The smallest absolute Gasteiger partial charge is 0.433 e. The highest BCUT2D eigenvalue weighted by atomic mass is 19.4. The number of ether oxygens (including phenoxy) is 1. The van der Waals surface area contributed by atoms with Crippen molar-refractivity contribution in [2.45, 2.75) is 19.0 Å². The molecule has 0 radical (unpaired) electrons. The number of rotatable bonds is 4. The Morgan fingerprint density at radius 2 is 1.83 bits per heavy atom. The van der Waals surface area contributed by atoms with Crippen LogP contribution in [0.2, 0.25) is 0 Å². The summed E-state index contributed by atoms with van der Waals surface area (Å²) in [6.45, 7) is 1.28. The van der Waals surface area contributed by atoms with Gasteiger partial charge in [0.1, 0.15) is 11.5 Å². The fourth-order valence-corrected chi connectivity index (χ4v) is 2.27. The minimum absolute atomic E-state index is 0.0154. The van der Waals surface area contributed by atoms with E-state index in [0.29, 0.717) is 5.56 Å². The van der Waals surface area contributed by atoms with Gasteiger partial charge in [0, 0.05) is 6.20 Å². The summed E-state index contributed by atoms with van der Waals surface area (Å²) in [6.07, 6.45) is -3.58. The lowest BCUT2D eigenvalue weighted by molar-refractivity contribution is -0.141. The van der Waals surface area contributed by atoms with Crippen LogP contribution in [0.15, 0.2) is 36.5 Å². The molecule has 2 aromatic rings. The van der Waals surface area contributed by atoms with Crippen LogP contribution in [0.5, 0.6) is 5.75 Å². The maximum Gasteiger partial charge on any atom is 0.433 e.